The van der Waals surface area contributed by atoms with Gasteiger partial charge < -0.3 is 11.1 Å². The van der Waals surface area contributed by atoms with E-state index in [4.69, 9.17) is 5.73 Å². The number of nitrogens with two attached hydrogens (primary N) is 1. The third-order valence-corrected chi connectivity index (χ3v) is 3.75. The molecule has 3 nitrogen and oxygen atoms in total. The van der Waals surface area contributed by atoms with Gasteiger partial charge >= 0.3 is 6.18 Å². The molecule has 7 heteroatoms. The van der Waals surface area contributed by atoms with Crippen LogP contribution in [0, 0.1) is 17.8 Å². The first-order chi connectivity index (χ1) is 7.38. The summed E-state index contributed by atoms with van der Waals surface area (Å²) in [7, 11) is 0. The molecule has 0 aromatic rings. The van der Waals surface area contributed by atoms with Gasteiger partial charge in [-0.15, -0.1) is 12.4 Å². The van der Waals surface area contributed by atoms with E-state index in [1.807, 2.05) is 5.32 Å². The van der Waals surface area contributed by atoms with E-state index in [1.165, 1.54) is 0 Å². The normalized spacial score (nSPS) is 35.5. The van der Waals surface area contributed by atoms with Gasteiger partial charge in [0, 0.05) is 6.04 Å². The Hall–Kier alpha value is -0.490. The monoisotopic (exact) mass is 272 g/mol. The Morgan fingerprint density at radius 3 is 2.35 bits per heavy atom. The van der Waals surface area contributed by atoms with Gasteiger partial charge in [-0.25, -0.2) is 0 Å². The van der Waals surface area contributed by atoms with Gasteiger partial charge in [-0.3, -0.25) is 4.79 Å². The van der Waals surface area contributed by atoms with Crippen LogP contribution >= 0.6 is 12.4 Å². The zero-order valence-electron chi connectivity index (χ0n) is 9.17. The predicted molar refractivity (Wildman–Crippen MR) is 58.6 cm³/mol. The second-order valence-electron chi connectivity index (χ2n) is 4.77. The highest BCUT2D eigenvalue weighted by Gasteiger charge is 2.49. The lowest BCUT2D eigenvalue weighted by Crippen LogP contribution is -2.47. The maximum atomic E-state index is 11.9. The highest BCUT2D eigenvalue weighted by Crippen LogP contribution is 2.47. The van der Waals surface area contributed by atoms with Gasteiger partial charge in [0.15, 0.2) is 0 Å². The number of alkyl halides is 3. The van der Waals surface area contributed by atoms with Crippen LogP contribution in [0.5, 0.6) is 0 Å². The Morgan fingerprint density at radius 2 is 1.88 bits per heavy atom. The van der Waals surface area contributed by atoms with E-state index in [0.29, 0.717) is 5.92 Å². The Labute approximate surface area is 104 Å². The number of nitrogens with one attached hydrogen (secondary N) is 1. The van der Waals surface area contributed by atoms with Crippen molar-refractivity contribution in [1.29, 1.82) is 0 Å². The topological polar surface area (TPSA) is 55.1 Å². The lowest BCUT2D eigenvalue weighted by molar-refractivity contribution is -0.142. The standard InChI is InChI=1S/C10H15F3N2O.ClH/c11-10(12,13)4-15-9(16)7-5-1-2-6(3-5)8(7)14;/h5-8H,1-4,14H2,(H,15,16);1H. The summed E-state index contributed by atoms with van der Waals surface area (Å²) in [6.45, 7) is -1.26. The molecule has 17 heavy (non-hydrogen) atoms. The van der Waals surface area contributed by atoms with Crippen molar-refractivity contribution in [2.45, 2.75) is 31.5 Å². The third-order valence-electron chi connectivity index (χ3n) is 3.75. The van der Waals surface area contributed by atoms with Crippen molar-refractivity contribution < 1.29 is 18.0 Å². The number of halogens is 4. The summed E-state index contributed by atoms with van der Waals surface area (Å²) in [4.78, 5) is 11.6. The average Bonchev–Trinajstić information content (AvgIpc) is 2.73. The van der Waals surface area contributed by atoms with Crippen LogP contribution in [-0.4, -0.2) is 24.7 Å². The zero-order chi connectivity index (χ0) is 11.9. The highest BCUT2D eigenvalue weighted by atomic mass is 35.5. The second kappa shape index (κ2) is 5.02. The van der Waals surface area contributed by atoms with E-state index in [2.05, 4.69) is 0 Å². The SMILES string of the molecule is Cl.NC1C2CCC(C2)C1C(=O)NCC(F)(F)F. The number of amides is 1. The summed E-state index contributed by atoms with van der Waals surface area (Å²) in [5.74, 6) is -0.432. The van der Waals surface area contributed by atoms with Gasteiger partial charge in [-0.2, -0.15) is 13.2 Å². The lowest BCUT2D eigenvalue weighted by atomic mass is 9.84. The van der Waals surface area contributed by atoms with Crippen molar-refractivity contribution in [2.75, 3.05) is 6.54 Å². The van der Waals surface area contributed by atoms with Crippen molar-refractivity contribution in [1.82, 2.24) is 5.32 Å². The van der Waals surface area contributed by atoms with Gasteiger partial charge in [-0.1, -0.05) is 0 Å². The van der Waals surface area contributed by atoms with Crippen molar-refractivity contribution in [2.24, 2.45) is 23.5 Å². The van der Waals surface area contributed by atoms with Crippen LogP contribution in [0.15, 0.2) is 0 Å². The smallest absolute Gasteiger partial charge is 0.347 e. The van der Waals surface area contributed by atoms with Crippen LogP contribution in [0.2, 0.25) is 0 Å². The molecule has 0 aromatic carbocycles. The molecule has 0 aliphatic heterocycles. The predicted octanol–water partition coefficient (Wildman–Crippen LogP) is 1.46. The minimum atomic E-state index is -4.35. The van der Waals surface area contributed by atoms with E-state index in [9.17, 15) is 18.0 Å². The molecule has 2 saturated carbocycles. The first kappa shape index (κ1) is 14.6. The molecule has 2 rings (SSSR count). The number of hydrogen-bond donors (Lipinski definition) is 2. The first-order valence-corrected chi connectivity index (χ1v) is 5.48. The molecule has 1 amide bonds. The fraction of sp³-hybridized carbons (Fsp3) is 0.900. The molecule has 2 fully saturated rings. The van der Waals surface area contributed by atoms with Crippen molar-refractivity contribution in [3.05, 3.63) is 0 Å². The molecule has 0 radical (unpaired) electrons. The van der Waals surface area contributed by atoms with Crippen LogP contribution < -0.4 is 11.1 Å². The van der Waals surface area contributed by atoms with E-state index in [-0.39, 0.29) is 24.4 Å². The summed E-state index contributed by atoms with van der Waals surface area (Å²) in [6.07, 6.45) is -1.53. The minimum Gasteiger partial charge on any atom is -0.347 e. The van der Waals surface area contributed by atoms with Crippen LogP contribution in [0.3, 0.4) is 0 Å². The summed E-state index contributed by atoms with van der Waals surface area (Å²) < 4.78 is 35.8. The van der Waals surface area contributed by atoms with Gasteiger partial charge in [0.2, 0.25) is 5.91 Å². The van der Waals surface area contributed by atoms with Gasteiger partial charge in [-0.05, 0) is 31.1 Å². The molecular weight excluding hydrogens is 257 g/mol. The number of hydrogen-bond acceptors (Lipinski definition) is 2. The molecule has 0 spiro atoms. The molecule has 2 bridgehead atoms. The largest absolute Gasteiger partial charge is 0.405 e. The Balaban J connectivity index is 0.00000144. The van der Waals surface area contributed by atoms with Gasteiger partial charge in [0.25, 0.3) is 0 Å². The van der Waals surface area contributed by atoms with E-state index < -0.39 is 24.5 Å². The fourth-order valence-corrected chi connectivity index (χ4v) is 3.03. The molecule has 2 aliphatic carbocycles. The maximum absolute atomic E-state index is 11.9. The highest BCUT2D eigenvalue weighted by molar-refractivity contribution is 5.85. The summed E-state index contributed by atoms with van der Waals surface area (Å²) >= 11 is 0. The molecule has 0 aromatic heterocycles. The van der Waals surface area contributed by atoms with Crippen molar-refractivity contribution in [3.63, 3.8) is 0 Å². The minimum absolute atomic E-state index is 0. The molecule has 3 N–H and O–H groups in total. The number of fused-ring (bicyclic) bond motifs is 2. The van der Waals surface area contributed by atoms with E-state index >= 15 is 0 Å². The van der Waals surface area contributed by atoms with Crippen molar-refractivity contribution in [3.8, 4) is 0 Å². The lowest BCUT2D eigenvalue weighted by Gasteiger charge is -2.27. The molecule has 0 heterocycles. The first-order valence-electron chi connectivity index (χ1n) is 5.48. The molecule has 0 saturated heterocycles. The molecule has 4 unspecified atom stereocenters. The Morgan fingerprint density at radius 1 is 1.29 bits per heavy atom. The van der Waals surface area contributed by atoms with Crippen LogP contribution in [0.25, 0.3) is 0 Å². The summed E-state index contributed by atoms with van der Waals surface area (Å²) in [6, 6.07) is -0.257. The molecule has 2 aliphatic rings. The quantitative estimate of drug-likeness (QED) is 0.800. The van der Waals surface area contributed by atoms with Crippen LogP contribution in [-0.2, 0) is 4.79 Å². The third kappa shape index (κ3) is 3.04. The Kier molecular flexibility index (Phi) is 4.30. The van der Waals surface area contributed by atoms with Crippen LogP contribution in [0.1, 0.15) is 19.3 Å². The number of carbonyl (C=O) groups is 1. The average molecular weight is 273 g/mol. The summed E-state index contributed by atoms with van der Waals surface area (Å²) in [5, 5.41) is 1.94. The molecule has 4 atom stereocenters. The molecule has 100 valence electrons. The van der Waals surface area contributed by atoms with Crippen molar-refractivity contribution >= 4 is 18.3 Å². The van der Waals surface area contributed by atoms with E-state index in [0.717, 1.165) is 19.3 Å². The second-order valence-corrected chi connectivity index (χ2v) is 4.77. The van der Waals surface area contributed by atoms with Gasteiger partial charge in [0.1, 0.15) is 6.54 Å². The maximum Gasteiger partial charge on any atom is 0.405 e. The molecular formula is C10H16ClF3N2O. The van der Waals surface area contributed by atoms with Gasteiger partial charge in [0.05, 0.1) is 5.92 Å². The van der Waals surface area contributed by atoms with E-state index in [1.54, 1.807) is 0 Å². The summed E-state index contributed by atoms with van der Waals surface area (Å²) in [5.41, 5.74) is 5.86. The zero-order valence-corrected chi connectivity index (χ0v) is 9.98. The van der Waals surface area contributed by atoms with Crippen LogP contribution in [0.4, 0.5) is 13.2 Å². The number of carbonyl (C=O) groups excluding carboxylic acids is 1. The fourth-order valence-electron chi connectivity index (χ4n) is 3.03. The number of rotatable bonds is 2. The Bertz CT molecular complexity index is 296.